The van der Waals surface area contributed by atoms with E-state index >= 15 is 0 Å². The van der Waals surface area contributed by atoms with Crippen LogP contribution < -0.4 is 11.1 Å². The first-order valence-electron chi connectivity index (χ1n) is 9.19. The number of anilines is 1. The fraction of sp³-hybridized carbons (Fsp3) is 0.353. The van der Waals surface area contributed by atoms with E-state index in [0.717, 1.165) is 16.9 Å². The van der Waals surface area contributed by atoms with E-state index in [1.807, 2.05) is 0 Å². The smallest absolute Gasteiger partial charge is 0.353 e. The summed E-state index contributed by atoms with van der Waals surface area (Å²) in [5.74, 6) is -1.70. The van der Waals surface area contributed by atoms with Crippen molar-refractivity contribution < 1.29 is 19.5 Å². The Bertz CT molecular complexity index is 1120. The number of hydrogen-bond acceptors (Lipinski definition) is 11. The fourth-order valence-electron chi connectivity index (χ4n) is 3.37. The molecule has 168 valence electrons. The number of thiazole rings is 1. The van der Waals surface area contributed by atoms with Gasteiger partial charge in [0.1, 0.15) is 17.1 Å². The van der Waals surface area contributed by atoms with Crippen LogP contribution >= 0.6 is 34.9 Å². The molecule has 4 heterocycles. The second-order valence-corrected chi connectivity index (χ2v) is 10.3. The van der Waals surface area contributed by atoms with E-state index in [4.69, 9.17) is 5.73 Å². The molecule has 2 aliphatic heterocycles. The van der Waals surface area contributed by atoms with Gasteiger partial charge in [-0.3, -0.25) is 19.6 Å². The van der Waals surface area contributed by atoms with Crippen LogP contribution in [0.3, 0.4) is 0 Å². The molecule has 2 amide bonds. The minimum absolute atomic E-state index is 0.0917. The lowest BCUT2D eigenvalue weighted by Gasteiger charge is -2.49. The number of β-lactam (4-membered cyclic amide) rings is 1. The summed E-state index contributed by atoms with van der Waals surface area (Å²) in [6, 6.07) is -2.42. The van der Waals surface area contributed by atoms with Crippen LogP contribution in [0.15, 0.2) is 28.2 Å². The normalized spacial score (nSPS) is 21.0. The van der Waals surface area contributed by atoms with E-state index < -0.39 is 35.2 Å². The molecule has 1 saturated heterocycles. The summed E-state index contributed by atoms with van der Waals surface area (Å²) in [7, 11) is 0. The molecule has 5 N–H and O–H groups in total. The summed E-state index contributed by atoms with van der Waals surface area (Å²) in [6.07, 6.45) is 3.35. The fourth-order valence-corrected chi connectivity index (χ4v) is 6.64. The van der Waals surface area contributed by atoms with Gasteiger partial charge in [-0.1, -0.05) is 0 Å². The Labute approximate surface area is 193 Å². The van der Waals surface area contributed by atoms with Crippen molar-refractivity contribution in [3.05, 3.63) is 44.0 Å². The number of aromatic nitrogens is 3. The van der Waals surface area contributed by atoms with Gasteiger partial charge < -0.3 is 16.2 Å². The van der Waals surface area contributed by atoms with E-state index in [9.17, 15) is 24.4 Å². The molecule has 0 spiro atoms. The Morgan fingerprint density at radius 1 is 1.53 bits per heavy atom. The molecule has 0 radical (unpaired) electrons. The number of aliphatic carboxylic acids is 1. The predicted octanol–water partition coefficient (Wildman–Crippen LogP) is 1.19. The number of carboxylic acids is 1. The lowest BCUT2D eigenvalue weighted by Crippen LogP contribution is -2.70. The Morgan fingerprint density at radius 3 is 2.91 bits per heavy atom. The molecule has 2 aromatic rings. The topological polar surface area (TPSA) is 184 Å². The summed E-state index contributed by atoms with van der Waals surface area (Å²) in [4.78, 5) is 55.0. The Kier molecular flexibility index (Phi) is 6.21. The number of nitrogens with two attached hydrogens (primary N) is 1. The zero-order chi connectivity index (χ0) is 23.0. The molecule has 2 aliphatic rings. The molecule has 1 unspecified atom stereocenters. The zero-order valence-electron chi connectivity index (χ0n) is 16.5. The number of fused-ring (bicyclic) bond motifs is 1. The van der Waals surface area contributed by atoms with E-state index in [2.05, 4.69) is 25.7 Å². The van der Waals surface area contributed by atoms with Gasteiger partial charge >= 0.3 is 5.97 Å². The van der Waals surface area contributed by atoms with E-state index in [1.54, 1.807) is 19.3 Å². The van der Waals surface area contributed by atoms with Gasteiger partial charge in [0.15, 0.2) is 5.13 Å². The van der Waals surface area contributed by atoms with Gasteiger partial charge in [-0.15, -0.1) is 39.8 Å². The van der Waals surface area contributed by atoms with Gasteiger partial charge in [0.05, 0.1) is 11.9 Å². The van der Waals surface area contributed by atoms with Crippen LogP contribution in [0.1, 0.15) is 22.2 Å². The number of carbonyl (C=O) groups excluding carboxylic acids is 2. The van der Waals surface area contributed by atoms with Crippen molar-refractivity contribution in [2.45, 2.75) is 30.1 Å². The number of carboxylic acid groups (broad SMARTS) is 1. The average molecular weight is 496 g/mol. The largest absolute Gasteiger partial charge is 0.477 e. The predicted molar refractivity (Wildman–Crippen MR) is 119 cm³/mol. The molecule has 2 aromatic heterocycles. The molecule has 32 heavy (non-hydrogen) atoms. The number of thioether (sulfide) groups is 2. The minimum atomic E-state index is -1.45. The van der Waals surface area contributed by atoms with Crippen molar-refractivity contribution in [3.63, 3.8) is 0 Å². The minimum Gasteiger partial charge on any atom is -0.477 e. The van der Waals surface area contributed by atoms with Crippen molar-refractivity contribution >= 4 is 57.8 Å². The average Bonchev–Trinajstić information content (AvgIpc) is 3.39. The van der Waals surface area contributed by atoms with Gasteiger partial charge in [0.25, 0.3) is 11.8 Å². The maximum Gasteiger partial charge on any atom is 0.353 e. The first-order valence-corrected chi connectivity index (χ1v) is 12.0. The maximum absolute atomic E-state index is 12.8. The number of nitrogens with one attached hydrogen (secondary N) is 2. The summed E-state index contributed by atoms with van der Waals surface area (Å²) in [5.41, 5.74) is 6.58. The molecule has 0 aliphatic carbocycles. The van der Waals surface area contributed by atoms with Gasteiger partial charge in [0.2, 0.25) is 6.04 Å². The molecule has 3 atom stereocenters. The van der Waals surface area contributed by atoms with Crippen molar-refractivity contribution in [1.29, 1.82) is 0 Å². The number of rotatable bonds is 8. The van der Waals surface area contributed by atoms with Gasteiger partial charge in [-0.05, 0) is 12.1 Å². The SMILES string of the molecule is Cc1sc(N)nc1C(N=O)C(=O)N[C@@H]1C(=O)N2C(C(=O)O)=C(SCc3cn[nH]c3)CS[C@@H]12. The number of aromatic amines is 1. The third-order valence-electron chi connectivity index (χ3n) is 4.86. The Hall–Kier alpha value is -2.91. The van der Waals surface area contributed by atoms with Crippen LogP contribution in [0.5, 0.6) is 0 Å². The highest BCUT2D eigenvalue weighted by Crippen LogP contribution is 2.44. The van der Waals surface area contributed by atoms with Crippen LogP contribution in [0.2, 0.25) is 0 Å². The number of nitrogens with zero attached hydrogens (tertiary/aromatic N) is 4. The Morgan fingerprint density at radius 2 is 2.31 bits per heavy atom. The van der Waals surface area contributed by atoms with Crippen LogP contribution in [0.4, 0.5) is 5.13 Å². The van der Waals surface area contributed by atoms with Crippen molar-refractivity contribution in [2.75, 3.05) is 11.5 Å². The number of aryl methyl sites for hydroxylation is 1. The van der Waals surface area contributed by atoms with E-state index in [0.29, 0.717) is 21.3 Å². The molecule has 12 nitrogen and oxygen atoms in total. The van der Waals surface area contributed by atoms with Gasteiger partial charge in [-0.25, -0.2) is 9.78 Å². The molecule has 4 rings (SSSR count). The van der Waals surface area contributed by atoms with Crippen LogP contribution in [-0.2, 0) is 20.1 Å². The number of H-pyrrole nitrogens is 1. The first kappa shape index (κ1) is 22.3. The van der Waals surface area contributed by atoms with Gasteiger partial charge in [0, 0.05) is 33.0 Å². The van der Waals surface area contributed by atoms with Crippen LogP contribution in [0, 0.1) is 11.8 Å². The zero-order valence-corrected chi connectivity index (χ0v) is 18.9. The highest BCUT2D eigenvalue weighted by Gasteiger charge is 2.54. The quantitative estimate of drug-likeness (QED) is 0.306. The molecule has 0 saturated carbocycles. The molecule has 0 bridgehead atoms. The highest BCUT2D eigenvalue weighted by atomic mass is 32.2. The second kappa shape index (κ2) is 8.91. The second-order valence-electron chi connectivity index (χ2n) is 6.87. The monoisotopic (exact) mass is 495 g/mol. The standard InChI is InChI=1S/C17H17N7O5S3/c1-6-9(22-17(18)32-6)10(23-29)13(25)21-11-14(26)24-12(16(27)28)8(5-31-15(11)24)30-4-7-2-19-20-3-7/h2-3,10-11,15H,4-5H2,1H3,(H2,18,22)(H,19,20)(H,21,25)(H,27,28)/t10?,11-,15+/m1/s1. The number of nitrogen functional groups attached to an aromatic ring is 1. The van der Waals surface area contributed by atoms with Gasteiger partial charge in [-0.2, -0.15) is 5.10 Å². The molecular weight excluding hydrogens is 478 g/mol. The summed E-state index contributed by atoms with van der Waals surface area (Å²) in [5, 5.41) is 21.3. The van der Waals surface area contributed by atoms with Crippen molar-refractivity contribution in [2.24, 2.45) is 5.18 Å². The van der Waals surface area contributed by atoms with Crippen molar-refractivity contribution in [3.8, 4) is 0 Å². The van der Waals surface area contributed by atoms with Crippen LogP contribution in [-0.4, -0.2) is 60.1 Å². The summed E-state index contributed by atoms with van der Waals surface area (Å²) < 4.78 is 0. The maximum atomic E-state index is 12.8. The molecule has 1 fully saturated rings. The van der Waals surface area contributed by atoms with Crippen molar-refractivity contribution in [1.82, 2.24) is 25.4 Å². The van der Waals surface area contributed by atoms with Crippen LogP contribution in [0.25, 0.3) is 0 Å². The molecule has 0 aromatic carbocycles. The lowest BCUT2D eigenvalue weighted by molar-refractivity contribution is -0.150. The number of carbonyl (C=O) groups is 3. The number of nitroso groups, excluding NO2 is 1. The summed E-state index contributed by atoms with van der Waals surface area (Å²) in [6.45, 7) is 1.66. The van der Waals surface area contributed by atoms with E-state index in [-0.39, 0.29) is 16.5 Å². The van der Waals surface area contributed by atoms with E-state index in [1.165, 1.54) is 28.4 Å². The third-order valence-corrected chi connectivity index (χ3v) is 8.31. The number of hydrogen-bond donors (Lipinski definition) is 4. The number of amides is 2. The Balaban J connectivity index is 1.48. The lowest BCUT2D eigenvalue weighted by atomic mass is 10.0. The highest BCUT2D eigenvalue weighted by molar-refractivity contribution is 8.05. The summed E-state index contributed by atoms with van der Waals surface area (Å²) >= 11 is 3.78. The third kappa shape index (κ3) is 3.98. The first-order chi connectivity index (χ1) is 15.3. The molecule has 15 heteroatoms. The molecular formula is C17H17N7O5S3.